The van der Waals surface area contributed by atoms with Crippen molar-refractivity contribution < 1.29 is 14.7 Å². The highest BCUT2D eigenvalue weighted by molar-refractivity contribution is 5.76. The van der Waals surface area contributed by atoms with Crippen LogP contribution in [0.15, 0.2) is 0 Å². The number of nitrogens with zero attached hydrogens (tertiary/aromatic N) is 1. The molecule has 2 N–H and O–H groups in total. The summed E-state index contributed by atoms with van der Waals surface area (Å²) in [5, 5.41) is 11.8. The van der Waals surface area contributed by atoms with Gasteiger partial charge < -0.3 is 15.3 Å². The molecule has 2 rings (SSSR count). The van der Waals surface area contributed by atoms with Gasteiger partial charge in [-0.1, -0.05) is 6.42 Å². The molecule has 0 aromatic heterocycles. The van der Waals surface area contributed by atoms with Crippen molar-refractivity contribution >= 4 is 12.0 Å². The smallest absolute Gasteiger partial charge is 0.317 e. The quantitative estimate of drug-likeness (QED) is 0.742. The molecule has 5 nitrogen and oxygen atoms in total. The van der Waals surface area contributed by atoms with Gasteiger partial charge in [-0.3, -0.25) is 4.79 Å². The fraction of sp³-hybridized carbons (Fsp3) is 0.857. The SMILES string of the molecule is CCN(CC1CCC1)C(=O)NC(CC(=O)O)C1CC1. The third-order valence-corrected chi connectivity index (χ3v) is 4.27. The molecule has 0 heterocycles. The van der Waals surface area contributed by atoms with Crippen LogP contribution in [0.1, 0.15) is 45.4 Å². The lowest BCUT2D eigenvalue weighted by Crippen LogP contribution is -2.48. The molecule has 0 aliphatic heterocycles. The highest BCUT2D eigenvalue weighted by Crippen LogP contribution is 2.34. The Kier molecular flexibility index (Phi) is 4.66. The van der Waals surface area contributed by atoms with Crippen LogP contribution in [-0.4, -0.2) is 41.1 Å². The lowest BCUT2D eigenvalue weighted by atomic mass is 9.85. The summed E-state index contributed by atoms with van der Waals surface area (Å²) in [7, 11) is 0. The van der Waals surface area contributed by atoms with Gasteiger partial charge in [-0.2, -0.15) is 0 Å². The first kappa shape index (κ1) is 14.2. The summed E-state index contributed by atoms with van der Waals surface area (Å²) < 4.78 is 0. The first-order valence-corrected chi connectivity index (χ1v) is 7.37. The molecule has 0 aromatic carbocycles. The Balaban J connectivity index is 1.83. The van der Waals surface area contributed by atoms with Crippen molar-refractivity contribution in [2.45, 2.75) is 51.5 Å². The fourth-order valence-corrected chi connectivity index (χ4v) is 2.61. The average Bonchev–Trinajstić information content (AvgIpc) is 3.09. The van der Waals surface area contributed by atoms with Crippen molar-refractivity contribution in [3.8, 4) is 0 Å². The minimum Gasteiger partial charge on any atom is -0.481 e. The van der Waals surface area contributed by atoms with E-state index < -0.39 is 5.97 Å². The Morgan fingerprint density at radius 2 is 2.00 bits per heavy atom. The first-order chi connectivity index (χ1) is 9.10. The Labute approximate surface area is 114 Å². The highest BCUT2D eigenvalue weighted by Gasteiger charge is 2.34. The molecule has 2 saturated carbocycles. The molecule has 5 heteroatoms. The van der Waals surface area contributed by atoms with Gasteiger partial charge in [0.15, 0.2) is 0 Å². The molecule has 2 amide bonds. The molecule has 0 spiro atoms. The fourth-order valence-electron chi connectivity index (χ4n) is 2.61. The molecule has 0 aromatic rings. The minimum atomic E-state index is -0.834. The number of carboxylic acid groups (broad SMARTS) is 1. The Morgan fingerprint density at radius 3 is 2.42 bits per heavy atom. The summed E-state index contributed by atoms with van der Waals surface area (Å²) in [4.78, 5) is 24.8. The van der Waals surface area contributed by atoms with Crippen molar-refractivity contribution in [1.29, 1.82) is 0 Å². The van der Waals surface area contributed by atoms with Gasteiger partial charge >= 0.3 is 12.0 Å². The zero-order chi connectivity index (χ0) is 13.8. The second-order valence-electron chi connectivity index (χ2n) is 5.83. The van der Waals surface area contributed by atoms with E-state index in [4.69, 9.17) is 5.11 Å². The maximum absolute atomic E-state index is 12.2. The van der Waals surface area contributed by atoms with Gasteiger partial charge in [0.2, 0.25) is 0 Å². The maximum Gasteiger partial charge on any atom is 0.317 e. The lowest BCUT2D eigenvalue weighted by Gasteiger charge is -2.32. The normalized spacial score (nSPS) is 20.5. The van der Waals surface area contributed by atoms with Crippen LogP contribution in [0.2, 0.25) is 0 Å². The Bertz CT molecular complexity index is 338. The summed E-state index contributed by atoms with van der Waals surface area (Å²) in [6.45, 7) is 3.47. The van der Waals surface area contributed by atoms with Crippen LogP contribution in [0.5, 0.6) is 0 Å². The van der Waals surface area contributed by atoms with Crippen molar-refractivity contribution in [3.05, 3.63) is 0 Å². The number of carboxylic acids is 1. The summed E-state index contributed by atoms with van der Waals surface area (Å²) >= 11 is 0. The topological polar surface area (TPSA) is 69.6 Å². The molecule has 0 saturated heterocycles. The van der Waals surface area contributed by atoms with Crippen molar-refractivity contribution in [3.63, 3.8) is 0 Å². The second-order valence-corrected chi connectivity index (χ2v) is 5.83. The van der Waals surface area contributed by atoms with Gasteiger partial charge in [0.25, 0.3) is 0 Å². The lowest BCUT2D eigenvalue weighted by molar-refractivity contribution is -0.137. The molecule has 19 heavy (non-hydrogen) atoms. The van der Waals surface area contributed by atoms with Crippen molar-refractivity contribution in [2.75, 3.05) is 13.1 Å². The van der Waals surface area contributed by atoms with E-state index in [1.165, 1.54) is 19.3 Å². The van der Waals surface area contributed by atoms with E-state index in [1.807, 2.05) is 11.8 Å². The first-order valence-electron chi connectivity index (χ1n) is 7.37. The molecule has 108 valence electrons. The van der Waals surface area contributed by atoms with Gasteiger partial charge in [-0.05, 0) is 44.4 Å². The number of rotatable bonds is 7. The van der Waals surface area contributed by atoms with E-state index in [0.29, 0.717) is 18.4 Å². The third-order valence-electron chi connectivity index (χ3n) is 4.27. The number of hydrogen-bond acceptors (Lipinski definition) is 2. The molecule has 2 aliphatic rings. The number of amides is 2. The van der Waals surface area contributed by atoms with Crippen LogP contribution in [0, 0.1) is 11.8 Å². The summed E-state index contributed by atoms with van der Waals surface area (Å²) in [6.07, 6.45) is 5.81. The monoisotopic (exact) mass is 268 g/mol. The van der Waals surface area contributed by atoms with Crippen LogP contribution in [0.25, 0.3) is 0 Å². The van der Waals surface area contributed by atoms with Crippen LogP contribution in [0.3, 0.4) is 0 Å². The summed E-state index contributed by atoms with van der Waals surface area (Å²) in [6, 6.07) is -0.284. The number of carbonyl (C=O) groups is 2. The Hall–Kier alpha value is -1.26. The highest BCUT2D eigenvalue weighted by atomic mass is 16.4. The van der Waals surface area contributed by atoms with Gasteiger partial charge in [0.1, 0.15) is 0 Å². The molecule has 1 atom stereocenters. The van der Waals surface area contributed by atoms with Crippen LogP contribution in [-0.2, 0) is 4.79 Å². The molecular weight excluding hydrogens is 244 g/mol. The minimum absolute atomic E-state index is 0.0391. The van der Waals surface area contributed by atoms with E-state index >= 15 is 0 Å². The van der Waals surface area contributed by atoms with Crippen molar-refractivity contribution in [1.82, 2.24) is 10.2 Å². The van der Waals surface area contributed by atoms with E-state index in [-0.39, 0.29) is 18.5 Å². The number of hydrogen-bond donors (Lipinski definition) is 2. The molecule has 1 unspecified atom stereocenters. The van der Waals surface area contributed by atoms with Gasteiger partial charge in [-0.25, -0.2) is 4.79 Å². The van der Waals surface area contributed by atoms with E-state index in [2.05, 4.69) is 5.32 Å². The molecule has 0 radical (unpaired) electrons. The zero-order valence-electron chi connectivity index (χ0n) is 11.6. The zero-order valence-corrected chi connectivity index (χ0v) is 11.6. The summed E-state index contributed by atoms with van der Waals surface area (Å²) in [5.74, 6) is 0.172. The number of aliphatic carboxylic acids is 1. The van der Waals surface area contributed by atoms with Gasteiger partial charge in [-0.15, -0.1) is 0 Å². The van der Waals surface area contributed by atoms with E-state index in [1.54, 1.807) is 0 Å². The van der Waals surface area contributed by atoms with Crippen molar-refractivity contribution in [2.24, 2.45) is 11.8 Å². The predicted octanol–water partition coefficient (Wildman–Crippen LogP) is 2.07. The van der Waals surface area contributed by atoms with Crippen LogP contribution < -0.4 is 5.32 Å². The van der Waals surface area contributed by atoms with E-state index in [9.17, 15) is 9.59 Å². The largest absolute Gasteiger partial charge is 0.481 e. The number of nitrogens with one attached hydrogen (secondary N) is 1. The molecule has 0 bridgehead atoms. The average molecular weight is 268 g/mol. The summed E-state index contributed by atoms with van der Waals surface area (Å²) in [5.41, 5.74) is 0. The van der Waals surface area contributed by atoms with Gasteiger partial charge in [0, 0.05) is 19.1 Å². The van der Waals surface area contributed by atoms with Gasteiger partial charge in [0.05, 0.1) is 6.42 Å². The van der Waals surface area contributed by atoms with Crippen LogP contribution in [0.4, 0.5) is 4.79 Å². The van der Waals surface area contributed by atoms with E-state index in [0.717, 1.165) is 19.4 Å². The molecular formula is C14H24N2O3. The number of urea groups is 1. The third kappa shape index (κ3) is 4.11. The van der Waals surface area contributed by atoms with Crippen LogP contribution >= 0.6 is 0 Å². The molecule has 2 fully saturated rings. The predicted molar refractivity (Wildman–Crippen MR) is 71.9 cm³/mol. The second kappa shape index (κ2) is 6.26. The standard InChI is InChI=1S/C14H24N2O3/c1-2-16(9-10-4-3-5-10)14(19)15-12(8-13(17)18)11-6-7-11/h10-12H,2-9H2,1H3,(H,15,19)(H,17,18). The Morgan fingerprint density at radius 1 is 1.32 bits per heavy atom. The number of carbonyl (C=O) groups excluding carboxylic acids is 1. The maximum atomic E-state index is 12.2. The molecule has 2 aliphatic carbocycles.